The summed E-state index contributed by atoms with van der Waals surface area (Å²) in [7, 11) is 0. The van der Waals surface area contributed by atoms with Crippen molar-refractivity contribution in [3.05, 3.63) is 87.1 Å². The Morgan fingerprint density at radius 2 is 0.865 bits per heavy atom. The van der Waals surface area contributed by atoms with Crippen molar-refractivity contribution in [3.63, 3.8) is 0 Å². The lowest BCUT2D eigenvalue weighted by Gasteiger charge is -2.45. The molecule has 12 saturated carbocycles. The molecule has 0 aromatic rings. The summed E-state index contributed by atoms with van der Waals surface area (Å²) in [6.45, 7) is 51.4. The Morgan fingerprint density at radius 1 is 0.438 bits per heavy atom. The molecule has 17 atom stereocenters. The van der Waals surface area contributed by atoms with Gasteiger partial charge in [0.1, 0.15) is 39.2 Å². The van der Waals surface area contributed by atoms with Crippen LogP contribution in [0.3, 0.4) is 0 Å². The molecule has 0 saturated heterocycles. The molecular weight excluding hydrogens is 1210 g/mol. The first kappa shape index (κ1) is 79.5. The van der Waals surface area contributed by atoms with Gasteiger partial charge in [0.15, 0.2) is 0 Å². The molecule has 12 rings (SSSR count). The van der Waals surface area contributed by atoms with Crippen LogP contribution < -0.4 is 0 Å². The molecule has 17 unspecified atom stereocenters. The first-order valence-corrected chi connectivity index (χ1v) is 37.1. The van der Waals surface area contributed by atoms with Gasteiger partial charge in [0.25, 0.3) is 0 Å². The molecule has 12 aliphatic carbocycles. The third-order valence-electron chi connectivity index (χ3n) is 24.8. The minimum absolute atomic E-state index is 0.154. The summed E-state index contributed by atoms with van der Waals surface area (Å²) in [5, 5.41) is 0. The van der Waals surface area contributed by atoms with Gasteiger partial charge in [-0.3, -0.25) is 0 Å². The summed E-state index contributed by atoms with van der Waals surface area (Å²) in [6.07, 6.45) is 35.7. The summed E-state index contributed by atoms with van der Waals surface area (Å²) < 4.78 is 37.9. The van der Waals surface area contributed by atoms with Crippen LogP contribution in [0.5, 0.6) is 0 Å². The van der Waals surface area contributed by atoms with Crippen LogP contribution in [-0.2, 0) is 66.7 Å². The predicted molar refractivity (Wildman–Crippen MR) is 378 cm³/mol. The number of ether oxygens (including phenoxy) is 7. The molecule has 10 bridgehead atoms. The number of carbonyl (C=O) groups is 7. The average molecular weight is 1340 g/mol. The molecule has 0 aromatic carbocycles. The van der Waals surface area contributed by atoms with E-state index in [1.807, 2.05) is 48.5 Å². The summed E-state index contributed by atoms with van der Waals surface area (Å²) in [5.41, 5.74) is -0.0331. The van der Waals surface area contributed by atoms with Crippen molar-refractivity contribution in [3.8, 4) is 0 Å². The first-order valence-electron chi connectivity index (χ1n) is 37.1. The number of hydrogen-bond acceptors (Lipinski definition) is 14. The second-order valence-corrected chi connectivity index (χ2v) is 33.0. The van der Waals surface area contributed by atoms with Gasteiger partial charge >= 0.3 is 41.8 Å². The van der Waals surface area contributed by atoms with E-state index in [-0.39, 0.29) is 75.4 Å². The fraction of sp³-hybridized carbons (Fsp3) is 0.744. The molecule has 0 heterocycles. The molecule has 0 aliphatic heterocycles. The van der Waals surface area contributed by atoms with Crippen molar-refractivity contribution < 1.29 is 66.7 Å². The molecule has 0 radical (unpaired) electrons. The Kier molecular flexibility index (Phi) is 27.4. The third kappa shape index (κ3) is 19.3. The van der Waals surface area contributed by atoms with Crippen LogP contribution in [-0.4, -0.2) is 81.0 Å². The maximum atomic E-state index is 12.1. The van der Waals surface area contributed by atoms with E-state index in [0.717, 1.165) is 142 Å². The Labute approximate surface area is 578 Å². The molecule has 14 heteroatoms. The van der Waals surface area contributed by atoms with Crippen LogP contribution in [0.4, 0.5) is 0 Å². The molecular formula is C82H126O14. The first-order chi connectivity index (χ1) is 45.0. The van der Waals surface area contributed by atoms with Gasteiger partial charge in [0, 0.05) is 52.9 Å². The van der Waals surface area contributed by atoms with Gasteiger partial charge in [-0.05, 0) is 307 Å². The summed E-state index contributed by atoms with van der Waals surface area (Å²) in [6, 6.07) is 0. The van der Waals surface area contributed by atoms with Gasteiger partial charge in [-0.2, -0.15) is 0 Å². The van der Waals surface area contributed by atoms with Crippen LogP contribution >= 0.6 is 0 Å². The number of rotatable bonds is 17. The van der Waals surface area contributed by atoms with Crippen molar-refractivity contribution in [2.45, 2.75) is 303 Å². The Balaban J connectivity index is 0.000000181. The second kappa shape index (κ2) is 33.1. The zero-order valence-corrected chi connectivity index (χ0v) is 61.9. The highest BCUT2D eigenvalue weighted by Gasteiger charge is 2.69. The van der Waals surface area contributed by atoms with E-state index in [9.17, 15) is 33.6 Å². The number of esters is 7. The standard InChI is InChI=1S/C18H26O2.C17H24O2.C13H20O2.C10H16O2.C9H14O2.C8H14O2.C7H12O2/c1-4-18(20-17(19)10(2)3)9-13-8-14(18)16-12-6-5-11(7-12)15(13)16;1-9(2)16(18)19-17(3)8-12-7-13(17)15-11-5-4-10(6-11)14(12)15;1-4-13(15-12(14)9(2)3)8-10-5-6-11(13)7-10;1-3-9(11)12-10(4-2)7-5-6-8-10;1-3-8(10)11-9(2)6-4-5-7-9;1-5-7(9)10-8(3,4)6-2;1-5-6(8)9-7(2,3)4/h11-16H,2,4-9H2,1,3H3;10-15H,1,4-8H2,2-3H3;10-11H,2,4-8H2,1,3H3;3H,1,4-8H2,2H3;3H,1,4-7H2,2H3;5H,1,6H2,2-4H3;5H,1H2,2-4H3. The van der Waals surface area contributed by atoms with Crippen LogP contribution in [0.1, 0.15) is 264 Å². The van der Waals surface area contributed by atoms with Crippen LogP contribution in [0, 0.1) is 82.9 Å². The zero-order valence-electron chi connectivity index (χ0n) is 61.9. The van der Waals surface area contributed by atoms with E-state index in [1.54, 1.807) is 20.8 Å². The summed E-state index contributed by atoms with van der Waals surface area (Å²) >= 11 is 0. The lowest BCUT2D eigenvalue weighted by atomic mass is 9.65. The lowest BCUT2D eigenvalue weighted by molar-refractivity contribution is -0.168. The normalized spacial score (nSPS) is 34.3. The number of fused-ring (bicyclic) bond motifs is 20. The van der Waals surface area contributed by atoms with Crippen LogP contribution in [0.25, 0.3) is 0 Å². The fourth-order valence-electron chi connectivity index (χ4n) is 20.2. The van der Waals surface area contributed by atoms with E-state index >= 15 is 0 Å². The molecule has 0 N–H and O–H groups in total. The van der Waals surface area contributed by atoms with Crippen molar-refractivity contribution in [1.29, 1.82) is 0 Å². The molecule has 12 aliphatic rings. The van der Waals surface area contributed by atoms with Gasteiger partial charge in [-0.1, -0.05) is 73.7 Å². The minimum atomic E-state index is -0.398. The Morgan fingerprint density at radius 3 is 1.28 bits per heavy atom. The highest BCUT2D eigenvalue weighted by Crippen LogP contribution is 2.72. The molecule has 0 spiro atoms. The maximum absolute atomic E-state index is 12.1. The van der Waals surface area contributed by atoms with E-state index < -0.39 is 5.60 Å². The highest BCUT2D eigenvalue weighted by atomic mass is 16.6. The summed E-state index contributed by atoms with van der Waals surface area (Å²) in [4.78, 5) is 78.6. The number of carbonyl (C=O) groups excluding carboxylic acids is 7. The van der Waals surface area contributed by atoms with Crippen molar-refractivity contribution in [1.82, 2.24) is 0 Å². The van der Waals surface area contributed by atoms with Gasteiger partial charge in [-0.25, -0.2) is 33.6 Å². The minimum Gasteiger partial charge on any atom is -0.457 e. The zero-order chi connectivity index (χ0) is 71.5. The van der Waals surface area contributed by atoms with E-state index in [0.29, 0.717) is 34.5 Å². The SMILES string of the molecule is C=C(C)C(=O)OC1(C)CC2CC1C1C3CCC(C3)C21.C=C(C)C(=O)OC1(CC)CC2CC1C1C3CCC(C3)C21.C=C(C)C(=O)OC1(CC)CC2CCC1C2.C=CC(=O)OC(C)(C)C.C=CC(=O)OC(C)(C)CC.C=CC(=O)OC1(C)CCCC1.C=CC(=O)OC1(CC)CCCC1. The molecule has 14 nitrogen and oxygen atoms in total. The molecule has 538 valence electrons. The van der Waals surface area contributed by atoms with E-state index in [1.165, 1.54) is 115 Å². The van der Waals surface area contributed by atoms with Crippen molar-refractivity contribution >= 4 is 41.8 Å². The van der Waals surface area contributed by atoms with Crippen LogP contribution in [0.15, 0.2) is 87.1 Å². The average Bonchev–Trinajstić information content (AvgIpc) is 1.54. The molecule has 0 amide bonds. The number of hydrogen-bond donors (Lipinski definition) is 0. The summed E-state index contributed by atoms with van der Waals surface area (Å²) in [5.74, 6) is 10.0. The largest absolute Gasteiger partial charge is 0.457 e. The monoisotopic (exact) mass is 1330 g/mol. The van der Waals surface area contributed by atoms with Gasteiger partial charge in [0.05, 0.1) is 0 Å². The molecule has 96 heavy (non-hydrogen) atoms. The highest BCUT2D eigenvalue weighted by molar-refractivity contribution is 5.88. The predicted octanol–water partition coefficient (Wildman–Crippen LogP) is 18.5. The van der Waals surface area contributed by atoms with Gasteiger partial charge in [-0.15, -0.1) is 0 Å². The maximum Gasteiger partial charge on any atom is 0.333 e. The molecule has 0 aromatic heterocycles. The third-order valence-corrected chi connectivity index (χ3v) is 24.8. The Hall–Kier alpha value is -5.53. The smallest absolute Gasteiger partial charge is 0.333 e. The second-order valence-electron chi connectivity index (χ2n) is 33.0. The van der Waals surface area contributed by atoms with E-state index in [4.69, 9.17) is 33.2 Å². The van der Waals surface area contributed by atoms with Crippen LogP contribution in [0.2, 0.25) is 0 Å². The Bertz CT molecular complexity index is 2840. The van der Waals surface area contributed by atoms with Crippen molar-refractivity contribution in [2.75, 3.05) is 0 Å². The quantitative estimate of drug-likeness (QED) is 0.0580. The lowest BCUT2D eigenvalue weighted by Crippen LogP contribution is -2.47. The fourth-order valence-corrected chi connectivity index (χ4v) is 20.2. The topological polar surface area (TPSA) is 184 Å². The van der Waals surface area contributed by atoms with E-state index in [2.05, 4.69) is 73.7 Å². The molecule has 12 fully saturated rings. The van der Waals surface area contributed by atoms with Crippen molar-refractivity contribution in [2.24, 2.45) is 82.9 Å². The van der Waals surface area contributed by atoms with Gasteiger partial charge in [0.2, 0.25) is 0 Å². The van der Waals surface area contributed by atoms with Gasteiger partial charge < -0.3 is 33.2 Å².